The van der Waals surface area contributed by atoms with Crippen LogP contribution in [-0.2, 0) is 10.0 Å². The summed E-state index contributed by atoms with van der Waals surface area (Å²) in [6.45, 7) is 1.85. The molecule has 0 unspecified atom stereocenters. The van der Waals surface area contributed by atoms with Crippen LogP contribution < -0.4 is 4.31 Å². The fourth-order valence-corrected chi connectivity index (χ4v) is 5.20. The molecule has 1 aliphatic rings. The van der Waals surface area contributed by atoms with E-state index in [-0.39, 0.29) is 16.8 Å². The summed E-state index contributed by atoms with van der Waals surface area (Å²) in [6, 6.07) is 13.1. The molecule has 2 atom stereocenters. The number of amides is 1. The molecule has 2 aromatic carbocycles. The van der Waals surface area contributed by atoms with Gasteiger partial charge in [0.25, 0.3) is 15.9 Å². The Morgan fingerprint density at radius 3 is 2.41 bits per heavy atom. The first-order valence-electron chi connectivity index (χ1n) is 9.83. The Labute approximate surface area is 172 Å². The summed E-state index contributed by atoms with van der Waals surface area (Å²) >= 11 is 0. The normalized spacial score (nSPS) is 19.6. The predicted octanol–water partition coefficient (Wildman–Crippen LogP) is 3.20. The Bertz CT molecular complexity index is 990. The lowest BCUT2D eigenvalue weighted by atomic mass is 9.91. The van der Waals surface area contributed by atoms with E-state index >= 15 is 0 Å². The molecule has 0 heterocycles. The summed E-state index contributed by atoms with van der Waals surface area (Å²) in [5.41, 5.74) is 1.73. The maximum absolute atomic E-state index is 13.1. The minimum absolute atomic E-state index is 0.0618. The first kappa shape index (κ1) is 21.3. The number of carbonyl (C=O) groups excluding carboxylic acids is 1. The van der Waals surface area contributed by atoms with Crippen molar-refractivity contribution in [3.05, 3.63) is 59.7 Å². The average molecular weight is 417 g/mol. The van der Waals surface area contributed by atoms with Gasteiger partial charge in [-0.3, -0.25) is 9.10 Å². The summed E-state index contributed by atoms with van der Waals surface area (Å²) in [5, 5.41) is 10.2. The number of hydrogen-bond acceptors (Lipinski definition) is 4. The molecule has 29 heavy (non-hydrogen) atoms. The number of benzene rings is 2. The van der Waals surface area contributed by atoms with Gasteiger partial charge in [-0.1, -0.05) is 37.1 Å². The number of aliphatic hydroxyl groups is 1. The highest BCUT2D eigenvalue weighted by atomic mass is 32.2. The van der Waals surface area contributed by atoms with Gasteiger partial charge in [-0.2, -0.15) is 0 Å². The number of anilines is 1. The molecular formula is C22H28N2O4S. The topological polar surface area (TPSA) is 77.9 Å². The lowest BCUT2D eigenvalue weighted by Gasteiger charge is -2.35. The van der Waals surface area contributed by atoms with Gasteiger partial charge in [-0.25, -0.2) is 8.42 Å². The maximum Gasteiger partial charge on any atom is 0.264 e. The van der Waals surface area contributed by atoms with Gasteiger partial charge in [0.1, 0.15) is 0 Å². The quantitative estimate of drug-likeness (QED) is 0.812. The second-order valence-electron chi connectivity index (χ2n) is 7.62. The van der Waals surface area contributed by atoms with E-state index in [9.17, 15) is 18.3 Å². The van der Waals surface area contributed by atoms with Gasteiger partial charge < -0.3 is 10.0 Å². The van der Waals surface area contributed by atoms with Crippen LogP contribution in [0.4, 0.5) is 5.69 Å². The van der Waals surface area contributed by atoms with Crippen LogP contribution in [0.25, 0.3) is 0 Å². The molecule has 1 fully saturated rings. The van der Waals surface area contributed by atoms with Crippen molar-refractivity contribution >= 4 is 21.6 Å². The second-order valence-corrected chi connectivity index (χ2v) is 9.59. The Kier molecular flexibility index (Phi) is 6.29. The first-order valence-corrected chi connectivity index (χ1v) is 11.3. The average Bonchev–Trinajstić information content (AvgIpc) is 2.73. The van der Waals surface area contributed by atoms with Crippen LogP contribution in [0, 0.1) is 6.92 Å². The van der Waals surface area contributed by atoms with Crippen LogP contribution in [-0.4, -0.2) is 50.6 Å². The van der Waals surface area contributed by atoms with Crippen molar-refractivity contribution in [3.63, 3.8) is 0 Å². The van der Waals surface area contributed by atoms with Crippen LogP contribution in [0.3, 0.4) is 0 Å². The Hall–Kier alpha value is -2.38. The first-order chi connectivity index (χ1) is 13.7. The Balaban J connectivity index is 1.88. The minimum atomic E-state index is -3.82. The molecule has 2 aromatic rings. The number of carbonyl (C=O) groups is 1. The van der Waals surface area contributed by atoms with E-state index in [4.69, 9.17) is 0 Å². The molecule has 0 bridgehead atoms. The highest BCUT2D eigenvalue weighted by molar-refractivity contribution is 7.92. The van der Waals surface area contributed by atoms with Crippen molar-refractivity contribution < 1.29 is 18.3 Å². The summed E-state index contributed by atoms with van der Waals surface area (Å²) < 4.78 is 27.5. The zero-order chi connectivity index (χ0) is 21.2. The lowest BCUT2D eigenvalue weighted by Crippen LogP contribution is -2.46. The third-order valence-corrected chi connectivity index (χ3v) is 7.47. The number of likely N-dealkylation sites (N-methyl/N-ethyl adjacent to an activating group) is 1. The third kappa shape index (κ3) is 4.31. The molecule has 7 heteroatoms. The molecule has 0 radical (unpaired) electrons. The van der Waals surface area contributed by atoms with Crippen molar-refractivity contribution in [2.45, 2.75) is 49.6 Å². The molecule has 6 nitrogen and oxygen atoms in total. The van der Waals surface area contributed by atoms with Crippen molar-refractivity contribution in [3.8, 4) is 0 Å². The Morgan fingerprint density at radius 1 is 1.03 bits per heavy atom. The molecule has 1 saturated carbocycles. The molecule has 0 aromatic heterocycles. The number of sulfonamides is 1. The van der Waals surface area contributed by atoms with Crippen LogP contribution in [0.2, 0.25) is 0 Å². The van der Waals surface area contributed by atoms with Gasteiger partial charge >= 0.3 is 0 Å². The molecule has 156 valence electrons. The van der Waals surface area contributed by atoms with Gasteiger partial charge in [0.2, 0.25) is 0 Å². The lowest BCUT2D eigenvalue weighted by molar-refractivity contribution is 0.0268. The van der Waals surface area contributed by atoms with E-state index in [1.54, 1.807) is 36.2 Å². The molecule has 3 rings (SSSR count). The zero-order valence-corrected chi connectivity index (χ0v) is 17.9. The monoisotopic (exact) mass is 416 g/mol. The van der Waals surface area contributed by atoms with E-state index in [2.05, 4.69) is 0 Å². The van der Waals surface area contributed by atoms with Crippen molar-refractivity contribution in [2.75, 3.05) is 18.4 Å². The van der Waals surface area contributed by atoms with E-state index < -0.39 is 16.1 Å². The van der Waals surface area contributed by atoms with E-state index in [0.29, 0.717) is 17.7 Å². The molecule has 1 aliphatic carbocycles. The summed E-state index contributed by atoms with van der Waals surface area (Å²) in [5.74, 6) is -0.286. The van der Waals surface area contributed by atoms with Gasteiger partial charge in [-0.15, -0.1) is 0 Å². The van der Waals surface area contributed by atoms with E-state index in [0.717, 1.165) is 24.8 Å². The summed E-state index contributed by atoms with van der Waals surface area (Å²) in [6.07, 6.45) is 2.81. The van der Waals surface area contributed by atoms with Gasteiger partial charge in [0.15, 0.2) is 0 Å². The van der Waals surface area contributed by atoms with Crippen molar-refractivity contribution in [1.82, 2.24) is 4.90 Å². The fraction of sp³-hybridized carbons (Fsp3) is 0.409. The largest absolute Gasteiger partial charge is 0.391 e. The highest BCUT2D eigenvalue weighted by Crippen LogP contribution is 2.27. The van der Waals surface area contributed by atoms with E-state index in [1.165, 1.54) is 23.5 Å². The fourth-order valence-electron chi connectivity index (χ4n) is 3.89. The number of aliphatic hydroxyl groups excluding tert-OH is 1. The van der Waals surface area contributed by atoms with E-state index in [1.807, 2.05) is 19.1 Å². The molecule has 0 spiro atoms. The van der Waals surface area contributed by atoms with Crippen LogP contribution in [0.15, 0.2) is 53.4 Å². The molecular weight excluding hydrogens is 388 g/mol. The number of para-hydroxylation sites is 1. The van der Waals surface area contributed by atoms with Crippen LogP contribution >= 0.6 is 0 Å². The highest BCUT2D eigenvalue weighted by Gasteiger charge is 2.30. The number of nitrogens with zero attached hydrogens (tertiary/aromatic N) is 2. The van der Waals surface area contributed by atoms with Gasteiger partial charge in [0.05, 0.1) is 22.7 Å². The summed E-state index contributed by atoms with van der Waals surface area (Å²) in [4.78, 5) is 14.6. The van der Waals surface area contributed by atoms with Crippen LogP contribution in [0.5, 0.6) is 0 Å². The smallest absolute Gasteiger partial charge is 0.264 e. The second kappa shape index (κ2) is 8.55. The zero-order valence-electron chi connectivity index (χ0n) is 17.1. The van der Waals surface area contributed by atoms with Crippen molar-refractivity contribution in [1.29, 1.82) is 0 Å². The molecule has 0 aliphatic heterocycles. The van der Waals surface area contributed by atoms with Gasteiger partial charge in [-0.05, 0) is 49.6 Å². The summed E-state index contributed by atoms with van der Waals surface area (Å²) in [7, 11) is -0.639. The standard InChI is InChI=1S/C22H28N2O4S/c1-16-9-4-5-12-19(16)24(3)29(27,28)18-11-8-10-17(15-18)22(26)23(2)20-13-6-7-14-21(20)25/h4-5,8-12,15,20-21,25H,6-7,13-14H2,1-3H3/t20-,21-/m1/s1. The molecule has 1 amide bonds. The molecule has 1 N–H and O–H groups in total. The Morgan fingerprint density at radius 2 is 1.72 bits per heavy atom. The SMILES string of the molecule is Cc1ccccc1N(C)S(=O)(=O)c1cccc(C(=O)N(C)[C@@H]2CCCC[C@H]2O)c1. The maximum atomic E-state index is 13.1. The number of rotatable bonds is 5. The number of aryl methyl sites for hydroxylation is 1. The third-order valence-electron chi connectivity index (χ3n) is 5.71. The van der Waals surface area contributed by atoms with Gasteiger partial charge in [0, 0.05) is 19.7 Å². The van der Waals surface area contributed by atoms with Crippen LogP contribution in [0.1, 0.15) is 41.6 Å². The number of hydrogen-bond donors (Lipinski definition) is 1. The predicted molar refractivity (Wildman–Crippen MR) is 114 cm³/mol. The minimum Gasteiger partial charge on any atom is -0.391 e. The molecule has 0 saturated heterocycles. The van der Waals surface area contributed by atoms with Crippen molar-refractivity contribution in [2.24, 2.45) is 0 Å².